The first-order valence-corrected chi connectivity index (χ1v) is 11.0. The molecule has 0 unspecified atom stereocenters. The fraction of sp³-hybridized carbons (Fsp3) is 0.160. The Morgan fingerprint density at radius 1 is 0.861 bits per heavy atom. The predicted octanol–water partition coefficient (Wildman–Crippen LogP) is 5.32. The number of rotatable bonds is 5. The molecule has 1 aliphatic rings. The fourth-order valence-corrected chi connectivity index (χ4v) is 3.64. The zero-order chi connectivity index (χ0) is 25.1. The van der Waals surface area contributed by atoms with Gasteiger partial charge in [0.15, 0.2) is 23.2 Å². The minimum absolute atomic E-state index is 0.0544. The lowest BCUT2D eigenvalue weighted by Crippen LogP contribution is -2.36. The second-order valence-electron chi connectivity index (χ2n) is 7.93. The zero-order valence-electron chi connectivity index (χ0n) is 18.8. The number of amides is 2. The van der Waals surface area contributed by atoms with Crippen LogP contribution in [0.2, 0.25) is 0 Å². The minimum atomic E-state index is -1.09. The van der Waals surface area contributed by atoms with Gasteiger partial charge in [0.2, 0.25) is 0 Å². The highest BCUT2D eigenvalue weighted by molar-refractivity contribution is 5.99. The van der Waals surface area contributed by atoms with Crippen LogP contribution in [-0.2, 0) is 4.74 Å². The average Bonchev–Trinajstić information content (AvgIpc) is 2.88. The number of urea groups is 1. The second kappa shape index (κ2) is 10.1. The van der Waals surface area contributed by atoms with Crippen LogP contribution in [0.3, 0.4) is 0 Å². The van der Waals surface area contributed by atoms with Crippen LogP contribution in [0.15, 0.2) is 60.8 Å². The van der Waals surface area contributed by atoms with Gasteiger partial charge in [-0.2, -0.15) is 0 Å². The van der Waals surface area contributed by atoms with Gasteiger partial charge in [0.1, 0.15) is 11.6 Å². The number of carbonyl (C=O) groups is 1. The molecule has 3 aromatic carbocycles. The number of aromatic nitrogens is 2. The van der Waals surface area contributed by atoms with E-state index in [0.29, 0.717) is 48.9 Å². The van der Waals surface area contributed by atoms with Crippen molar-refractivity contribution >= 4 is 34.3 Å². The summed E-state index contributed by atoms with van der Waals surface area (Å²) in [6.45, 7) is 2.66. The molecule has 1 aromatic heterocycles. The van der Waals surface area contributed by atoms with Gasteiger partial charge in [-0.15, -0.1) is 0 Å². The van der Waals surface area contributed by atoms with Gasteiger partial charge in [-0.3, -0.25) is 4.98 Å². The van der Waals surface area contributed by atoms with Gasteiger partial charge < -0.3 is 25.0 Å². The maximum Gasteiger partial charge on any atom is 0.323 e. The first kappa shape index (κ1) is 23.4. The summed E-state index contributed by atoms with van der Waals surface area (Å²) in [5.74, 6) is -1.85. The van der Waals surface area contributed by atoms with Gasteiger partial charge in [-0.05, 0) is 36.4 Å². The number of morpholine rings is 1. The van der Waals surface area contributed by atoms with Gasteiger partial charge in [-0.25, -0.2) is 22.9 Å². The number of nitrogens with one attached hydrogen (secondary N) is 2. The molecule has 0 saturated carbocycles. The maximum absolute atomic E-state index is 14.5. The van der Waals surface area contributed by atoms with E-state index in [0.717, 1.165) is 18.2 Å². The van der Waals surface area contributed by atoms with Crippen molar-refractivity contribution in [1.29, 1.82) is 0 Å². The third-order valence-electron chi connectivity index (χ3n) is 5.43. The molecule has 36 heavy (non-hydrogen) atoms. The van der Waals surface area contributed by atoms with Crippen LogP contribution < -0.4 is 20.3 Å². The summed E-state index contributed by atoms with van der Waals surface area (Å²) in [7, 11) is 0. The van der Waals surface area contributed by atoms with Crippen molar-refractivity contribution in [2.45, 2.75) is 0 Å². The van der Waals surface area contributed by atoms with Gasteiger partial charge >= 0.3 is 6.03 Å². The van der Waals surface area contributed by atoms with E-state index >= 15 is 0 Å². The summed E-state index contributed by atoms with van der Waals surface area (Å²) >= 11 is 0. The van der Waals surface area contributed by atoms with Gasteiger partial charge in [0.05, 0.1) is 30.4 Å². The molecule has 0 aliphatic carbocycles. The molecule has 1 aliphatic heterocycles. The van der Waals surface area contributed by atoms with Gasteiger partial charge in [-0.1, -0.05) is 0 Å². The third kappa shape index (κ3) is 5.31. The number of carbonyl (C=O) groups excluding carboxylic acids is 1. The lowest BCUT2D eigenvalue weighted by molar-refractivity contribution is 0.122. The molecule has 1 saturated heterocycles. The highest BCUT2D eigenvalue weighted by Crippen LogP contribution is 2.29. The standard InChI is InChI=1S/C25H20F3N5O3/c26-18-4-1-15(11-20(18)28)30-25(34)31-16-2-5-19(27)23(12-16)36-17-3-6-21-22(13-17)32-24(14-29-21)33-7-9-35-10-8-33/h1-6,11-14H,7-10H2,(H2,30,31,34). The normalized spacial score (nSPS) is 13.5. The smallest absolute Gasteiger partial charge is 0.323 e. The molecule has 184 valence electrons. The van der Waals surface area contributed by atoms with E-state index in [1.807, 2.05) is 0 Å². The molecule has 2 N–H and O–H groups in total. The molecule has 5 rings (SSSR count). The Bertz CT molecular complexity index is 1430. The SMILES string of the molecule is O=C(Nc1ccc(F)c(F)c1)Nc1ccc(F)c(Oc2ccc3ncc(N4CCOCC4)nc3c2)c1. The maximum atomic E-state index is 14.5. The van der Waals surface area contributed by atoms with Crippen LogP contribution in [0.25, 0.3) is 11.0 Å². The molecule has 11 heteroatoms. The number of nitrogens with zero attached hydrogens (tertiary/aromatic N) is 3. The van der Waals surface area contributed by atoms with Gasteiger partial charge in [0.25, 0.3) is 0 Å². The van der Waals surface area contributed by atoms with Crippen molar-refractivity contribution in [2.75, 3.05) is 41.8 Å². The van der Waals surface area contributed by atoms with E-state index in [2.05, 4.69) is 25.5 Å². The molecule has 2 amide bonds. The largest absolute Gasteiger partial charge is 0.454 e. The number of hydrogen-bond donors (Lipinski definition) is 2. The first-order valence-electron chi connectivity index (χ1n) is 11.0. The average molecular weight is 495 g/mol. The number of hydrogen-bond acceptors (Lipinski definition) is 6. The Morgan fingerprint density at radius 3 is 2.33 bits per heavy atom. The highest BCUT2D eigenvalue weighted by Gasteiger charge is 2.15. The van der Waals surface area contributed by atoms with Crippen LogP contribution in [-0.4, -0.2) is 42.3 Å². The minimum Gasteiger partial charge on any atom is -0.454 e. The molecular formula is C25H20F3N5O3. The molecule has 4 aromatic rings. The molecular weight excluding hydrogens is 475 g/mol. The first-order chi connectivity index (χ1) is 17.4. The van der Waals surface area contributed by atoms with Crippen molar-refractivity contribution in [3.05, 3.63) is 78.2 Å². The van der Waals surface area contributed by atoms with E-state index in [9.17, 15) is 18.0 Å². The monoisotopic (exact) mass is 495 g/mol. The van der Waals surface area contributed by atoms with Crippen LogP contribution >= 0.6 is 0 Å². The third-order valence-corrected chi connectivity index (χ3v) is 5.43. The summed E-state index contributed by atoms with van der Waals surface area (Å²) in [5.41, 5.74) is 1.52. The van der Waals surface area contributed by atoms with E-state index in [1.165, 1.54) is 18.2 Å². The Hall–Kier alpha value is -4.38. The van der Waals surface area contributed by atoms with Crippen LogP contribution in [0.1, 0.15) is 0 Å². The van der Waals surface area contributed by atoms with Crippen LogP contribution in [0, 0.1) is 17.5 Å². The molecule has 8 nitrogen and oxygen atoms in total. The molecule has 0 bridgehead atoms. The van der Waals surface area contributed by atoms with Crippen LogP contribution in [0.4, 0.5) is 35.2 Å². The van der Waals surface area contributed by atoms with Crippen molar-refractivity contribution in [3.8, 4) is 11.5 Å². The van der Waals surface area contributed by atoms with E-state index in [-0.39, 0.29) is 17.1 Å². The quantitative estimate of drug-likeness (QED) is 0.390. The second-order valence-corrected chi connectivity index (χ2v) is 7.93. The van der Waals surface area contributed by atoms with Crippen LogP contribution in [0.5, 0.6) is 11.5 Å². The number of halogens is 3. The fourth-order valence-electron chi connectivity index (χ4n) is 3.64. The lowest BCUT2D eigenvalue weighted by Gasteiger charge is -2.27. The summed E-state index contributed by atoms with van der Waals surface area (Å²) in [6, 6.07) is 11.0. The summed E-state index contributed by atoms with van der Waals surface area (Å²) in [6.07, 6.45) is 1.70. The summed E-state index contributed by atoms with van der Waals surface area (Å²) in [4.78, 5) is 23.4. The lowest BCUT2D eigenvalue weighted by atomic mass is 10.2. The van der Waals surface area contributed by atoms with E-state index in [1.54, 1.807) is 24.4 Å². The molecule has 0 atom stereocenters. The summed E-state index contributed by atoms with van der Waals surface area (Å²) in [5, 5.41) is 4.88. The Morgan fingerprint density at radius 2 is 1.58 bits per heavy atom. The topological polar surface area (TPSA) is 88.6 Å². The molecule has 0 spiro atoms. The van der Waals surface area contributed by atoms with Crippen molar-refractivity contribution in [3.63, 3.8) is 0 Å². The molecule has 0 radical (unpaired) electrons. The Kier molecular flexibility index (Phi) is 6.54. The molecule has 2 heterocycles. The number of fused-ring (bicyclic) bond motifs is 1. The van der Waals surface area contributed by atoms with Crippen molar-refractivity contribution in [1.82, 2.24) is 9.97 Å². The Balaban J connectivity index is 1.31. The zero-order valence-corrected chi connectivity index (χ0v) is 18.8. The van der Waals surface area contributed by atoms with Crippen molar-refractivity contribution < 1.29 is 27.4 Å². The number of ether oxygens (including phenoxy) is 2. The van der Waals surface area contributed by atoms with Gasteiger partial charge in [0, 0.05) is 42.7 Å². The predicted molar refractivity (Wildman–Crippen MR) is 128 cm³/mol. The van der Waals surface area contributed by atoms with Crippen molar-refractivity contribution in [2.24, 2.45) is 0 Å². The number of anilines is 3. The number of benzene rings is 3. The van der Waals surface area contributed by atoms with E-state index in [4.69, 9.17) is 9.47 Å². The molecule has 1 fully saturated rings. The highest BCUT2D eigenvalue weighted by atomic mass is 19.2. The van der Waals surface area contributed by atoms with E-state index < -0.39 is 23.5 Å². The summed E-state index contributed by atoms with van der Waals surface area (Å²) < 4.78 is 52.0. The Labute approximate surface area is 203 Å².